The molecule has 7 nitrogen and oxygen atoms in total. The highest BCUT2D eigenvalue weighted by molar-refractivity contribution is 5.80. The fourth-order valence-corrected chi connectivity index (χ4v) is 2.10. The molecule has 0 aromatic carbocycles. The van der Waals surface area contributed by atoms with E-state index in [2.05, 4.69) is 12.3 Å². The van der Waals surface area contributed by atoms with Crippen molar-refractivity contribution in [2.75, 3.05) is 0 Å². The van der Waals surface area contributed by atoms with Gasteiger partial charge in [-0.15, -0.1) is 0 Å². The zero-order valence-corrected chi connectivity index (χ0v) is 12.2. The Kier molecular flexibility index (Phi) is 10.9. The number of hydrazine groups is 2. The molecule has 0 radical (unpaired) electrons. The van der Waals surface area contributed by atoms with Gasteiger partial charge in [0.1, 0.15) is 0 Å². The van der Waals surface area contributed by atoms with Gasteiger partial charge in [-0.25, -0.2) is 11.7 Å². The van der Waals surface area contributed by atoms with Crippen LogP contribution in [0.25, 0.3) is 0 Å². The minimum absolute atomic E-state index is 0.136. The van der Waals surface area contributed by atoms with Crippen LogP contribution in [0.15, 0.2) is 0 Å². The summed E-state index contributed by atoms with van der Waals surface area (Å²) in [5, 5.41) is 9.94. The fourth-order valence-electron chi connectivity index (χ4n) is 2.10. The summed E-state index contributed by atoms with van der Waals surface area (Å²) >= 11 is 0. The molecule has 7 heteroatoms. The second-order valence-electron chi connectivity index (χ2n) is 5.05. The molecular weight excluding hydrogens is 260 g/mol. The molecule has 118 valence electrons. The topological polar surface area (TPSA) is 130 Å². The molecule has 0 saturated carbocycles. The lowest BCUT2D eigenvalue weighted by Gasteiger charge is -2.18. The highest BCUT2D eigenvalue weighted by Gasteiger charge is 2.22. The number of unbranched alkanes of at least 4 members (excludes halogenated alkanes) is 3. The van der Waals surface area contributed by atoms with Gasteiger partial charge >= 0.3 is 0 Å². The zero-order chi connectivity index (χ0) is 15.4. The van der Waals surface area contributed by atoms with Crippen molar-refractivity contribution in [1.82, 2.24) is 10.9 Å². The van der Waals surface area contributed by atoms with Crippen LogP contribution in [0, 0.1) is 5.92 Å². The van der Waals surface area contributed by atoms with Crippen molar-refractivity contribution in [3.8, 4) is 0 Å². The average molecular weight is 288 g/mol. The summed E-state index contributed by atoms with van der Waals surface area (Å²) < 4.78 is 0. The maximum Gasteiger partial charge on any atom is 0.237 e. The Morgan fingerprint density at radius 3 is 2.35 bits per heavy atom. The van der Waals surface area contributed by atoms with Crippen molar-refractivity contribution in [2.24, 2.45) is 17.6 Å². The van der Waals surface area contributed by atoms with E-state index in [0.717, 1.165) is 25.7 Å². The molecule has 0 aliphatic rings. The van der Waals surface area contributed by atoms with E-state index in [-0.39, 0.29) is 18.2 Å². The van der Waals surface area contributed by atoms with Gasteiger partial charge in [0.2, 0.25) is 11.8 Å². The number of carbonyl (C=O) groups is 2. The lowest BCUT2D eigenvalue weighted by molar-refractivity contribution is -0.127. The van der Waals surface area contributed by atoms with E-state index in [9.17, 15) is 14.7 Å². The first-order valence-electron chi connectivity index (χ1n) is 7.23. The molecule has 2 atom stereocenters. The number of aliphatic hydroxyl groups excluding tert-OH is 1. The van der Waals surface area contributed by atoms with Gasteiger partial charge in [0.05, 0.1) is 6.10 Å². The first kappa shape index (κ1) is 18.8. The molecule has 0 rings (SSSR count). The monoisotopic (exact) mass is 288 g/mol. The largest absolute Gasteiger partial charge is 0.393 e. The molecule has 0 aromatic heterocycles. The summed E-state index contributed by atoms with van der Waals surface area (Å²) in [6, 6.07) is 0. The highest BCUT2D eigenvalue weighted by Crippen LogP contribution is 2.17. The van der Waals surface area contributed by atoms with Crippen molar-refractivity contribution in [3.63, 3.8) is 0 Å². The molecule has 0 aliphatic carbocycles. The molecule has 0 bridgehead atoms. The molecular formula is C13H28N4O3. The molecule has 20 heavy (non-hydrogen) atoms. The van der Waals surface area contributed by atoms with Crippen LogP contribution in [-0.4, -0.2) is 23.0 Å². The van der Waals surface area contributed by atoms with Gasteiger partial charge in [0, 0.05) is 12.3 Å². The molecule has 0 aromatic rings. The number of hydrogen-bond acceptors (Lipinski definition) is 5. The number of rotatable bonds is 11. The SMILES string of the molecule is CCCCCC[C@H](O)C[C@@H](CCC(=O)NN)C(=O)NN. The number of carbonyl (C=O) groups excluding carboxylic acids is 2. The smallest absolute Gasteiger partial charge is 0.237 e. The number of amides is 2. The zero-order valence-electron chi connectivity index (χ0n) is 12.2. The Balaban J connectivity index is 4.13. The van der Waals surface area contributed by atoms with E-state index >= 15 is 0 Å². The van der Waals surface area contributed by atoms with E-state index in [1.54, 1.807) is 0 Å². The van der Waals surface area contributed by atoms with Crippen molar-refractivity contribution in [3.05, 3.63) is 0 Å². The van der Waals surface area contributed by atoms with Crippen molar-refractivity contribution in [2.45, 2.75) is 64.4 Å². The summed E-state index contributed by atoms with van der Waals surface area (Å²) in [6.45, 7) is 2.13. The summed E-state index contributed by atoms with van der Waals surface area (Å²) in [7, 11) is 0. The molecule has 0 saturated heterocycles. The molecule has 0 aliphatic heterocycles. The maximum atomic E-state index is 11.6. The van der Waals surface area contributed by atoms with Crippen LogP contribution >= 0.6 is 0 Å². The highest BCUT2D eigenvalue weighted by atomic mass is 16.3. The van der Waals surface area contributed by atoms with E-state index in [0.29, 0.717) is 19.3 Å². The third-order valence-electron chi connectivity index (χ3n) is 3.34. The quantitative estimate of drug-likeness (QED) is 0.159. The van der Waals surface area contributed by atoms with Gasteiger partial charge in [-0.2, -0.15) is 0 Å². The molecule has 2 amide bonds. The van der Waals surface area contributed by atoms with E-state index in [1.165, 1.54) is 0 Å². The Hall–Kier alpha value is -1.18. The van der Waals surface area contributed by atoms with Crippen molar-refractivity contribution < 1.29 is 14.7 Å². The van der Waals surface area contributed by atoms with Gasteiger partial charge in [0.15, 0.2) is 0 Å². The molecule has 0 unspecified atom stereocenters. The summed E-state index contributed by atoms with van der Waals surface area (Å²) in [6.07, 6.45) is 5.19. The molecule has 0 fully saturated rings. The van der Waals surface area contributed by atoms with Crippen LogP contribution in [-0.2, 0) is 9.59 Å². The van der Waals surface area contributed by atoms with Gasteiger partial charge in [-0.1, -0.05) is 32.6 Å². The Morgan fingerprint density at radius 2 is 1.80 bits per heavy atom. The van der Waals surface area contributed by atoms with Crippen molar-refractivity contribution >= 4 is 11.8 Å². The number of hydrogen-bond donors (Lipinski definition) is 5. The maximum absolute atomic E-state index is 11.6. The molecule has 7 N–H and O–H groups in total. The van der Waals surface area contributed by atoms with Gasteiger partial charge in [-0.3, -0.25) is 20.4 Å². The Labute approximate surface area is 120 Å². The lowest BCUT2D eigenvalue weighted by atomic mass is 9.93. The first-order chi connectivity index (χ1) is 9.54. The van der Waals surface area contributed by atoms with Gasteiger partial charge < -0.3 is 5.11 Å². The van der Waals surface area contributed by atoms with Crippen LogP contribution < -0.4 is 22.5 Å². The number of aliphatic hydroxyl groups is 1. The van der Waals surface area contributed by atoms with Crippen molar-refractivity contribution in [1.29, 1.82) is 0 Å². The average Bonchev–Trinajstić information content (AvgIpc) is 2.46. The molecule has 0 spiro atoms. The van der Waals surface area contributed by atoms with Crippen LogP contribution in [0.4, 0.5) is 0 Å². The minimum atomic E-state index is -0.546. The summed E-state index contributed by atoms with van der Waals surface area (Å²) in [4.78, 5) is 22.7. The Morgan fingerprint density at radius 1 is 1.10 bits per heavy atom. The summed E-state index contributed by atoms with van der Waals surface area (Å²) in [5.74, 6) is 8.94. The summed E-state index contributed by atoms with van der Waals surface area (Å²) in [5.41, 5.74) is 4.09. The predicted molar refractivity (Wildman–Crippen MR) is 76.8 cm³/mol. The normalized spacial score (nSPS) is 13.6. The van der Waals surface area contributed by atoms with Crippen LogP contribution in [0.2, 0.25) is 0 Å². The molecule has 0 heterocycles. The lowest BCUT2D eigenvalue weighted by Crippen LogP contribution is -2.38. The fraction of sp³-hybridized carbons (Fsp3) is 0.846. The number of nitrogens with one attached hydrogen (secondary N) is 2. The second-order valence-corrected chi connectivity index (χ2v) is 5.05. The second kappa shape index (κ2) is 11.6. The van der Waals surface area contributed by atoms with Crippen LogP contribution in [0.5, 0.6) is 0 Å². The van der Waals surface area contributed by atoms with Crippen LogP contribution in [0.1, 0.15) is 58.3 Å². The van der Waals surface area contributed by atoms with E-state index in [4.69, 9.17) is 11.7 Å². The predicted octanol–water partition coefficient (Wildman–Crippen LogP) is 0.0840. The minimum Gasteiger partial charge on any atom is -0.393 e. The van der Waals surface area contributed by atoms with Crippen LogP contribution in [0.3, 0.4) is 0 Å². The van der Waals surface area contributed by atoms with E-state index < -0.39 is 12.0 Å². The number of nitrogens with two attached hydrogens (primary N) is 2. The standard InChI is InChI=1S/C13H28N4O3/c1-2-3-4-5-6-11(18)9-10(13(20)17-15)7-8-12(19)16-14/h10-11,18H,2-9,14-15H2,1H3,(H,16,19)(H,17,20)/t10-,11+/m1/s1. The Bertz CT molecular complexity index is 287. The van der Waals surface area contributed by atoms with E-state index in [1.807, 2.05) is 5.43 Å². The van der Waals surface area contributed by atoms with Gasteiger partial charge in [0.25, 0.3) is 0 Å². The van der Waals surface area contributed by atoms with Gasteiger partial charge in [-0.05, 0) is 19.3 Å². The first-order valence-corrected chi connectivity index (χ1v) is 7.23. The third kappa shape index (κ3) is 8.84. The third-order valence-corrected chi connectivity index (χ3v) is 3.34.